The third-order valence-electron chi connectivity index (χ3n) is 3.58. The Bertz CT molecular complexity index is 901. The Kier molecular flexibility index (Phi) is 5.33. The van der Waals surface area contributed by atoms with Crippen LogP contribution < -0.4 is 10.6 Å². The smallest absolute Gasteiger partial charge is 0.269 e. The van der Waals surface area contributed by atoms with Crippen molar-refractivity contribution in [3.63, 3.8) is 0 Å². The van der Waals surface area contributed by atoms with Gasteiger partial charge < -0.3 is 10.6 Å². The molecule has 0 radical (unpaired) electrons. The topological polar surface area (TPSA) is 106 Å². The lowest BCUT2D eigenvalue weighted by atomic mass is 10.2. The second-order valence-electron chi connectivity index (χ2n) is 5.49. The Labute approximate surface area is 150 Å². The number of nitro groups is 1. The molecule has 0 amide bonds. The molecule has 0 atom stereocenters. The van der Waals surface area contributed by atoms with Crippen molar-refractivity contribution in [2.75, 3.05) is 17.2 Å². The molecule has 0 aliphatic rings. The number of hydrogen-bond acceptors (Lipinski definition) is 7. The maximum absolute atomic E-state index is 10.9. The highest BCUT2D eigenvalue weighted by atomic mass is 16.6. The molecule has 3 aromatic rings. The van der Waals surface area contributed by atoms with Crippen molar-refractivity contribution in [2.24, 2.45) is 0 Å². The summed E-state index contributed by atoms with van der Waals surface area (Å²) in [6, 6.07) is 13.9. The van der Waals surface area contributed by atoms with E-state index in [1.165, 1.54) is 6.07 Å². The number of pyridine rings is 1. The highest BCUT2D eigenvalue weighted by molar-refractivity contribution is 5.61. The molecule has 3 rings (SSSR count). The highest BCUT2D eigenvalue weighted by Gasteiger charge is 2.09. The van der Waals surface area contributed by atoms with Gasteiger partial charge in [-0.15, -0.1) is 0 Å². The summed E-state index contributed by atoms with van der Waals surface area (Å²) in [5.41, 5.74) is 2.29. The second-order valence-corrected chi connectivity index (χ2v) is 5.49. The molecule has 26 heavy (non-hydrogen) atoms. The largest absolute Gasteiger partial charge is 0.366 e. The maximum atomic E-state index is 10.9. The van der Waals surface area contributed by atoms with Gasteiger partial charge in [0.05, 0.1) is 16.3 Å². The molecule has 0 bridgehead atoms. The number of benzene rings is 1. The van der Waals surface area contributed by atoms with Crippen molar-refractivity contribution in [3.05, 3.63) is 70.4 Å². The number of non-ortho nitro benzene ring substituents is 1. The quantitative estimate of drug-likeness (QED) is 0.496. The van der Waals surface area contributed by atoms with Crippen LogP contribution in [0.15, 0.2) is 54.7 Å². The molecule has 0 saturated heterocycles. The Morgan fingerprint density at radius 2 is 1.92 bits per heavy atom. The number of nitro benzene ring substituents is 1. The predicted octanol–water partition coefficient (Wildman–Crippen LogP) is 3.49. The summed E-state index contributed by atoms with van der Waals surface area (Å²) in [4.78, 5) is 23.7. The fraction of sp³-hybridized carbons (Fsp3) is 0.167. The van der Waals surface area contributed by atoms with Crippen molar-refractivity contribution in [1.82, 2.24) is 15.0 Å². The first-order chi connectivity index (χ1) is 12.7. The number of aromatic nitrogens is 3. The molecule has 132 valence electrons. The predicted molar refractivity (Wildman–Crippen MR) is 99.8 cm³/mol. The van der Waals surface area contributed by atoms with Gasteiger partial charge in [-0.3, -0.25) is 15.1 Å². The molecule has 0 fully saturated rings. The summed E-state index contributed by atoms with van der Waals surface area (Å²) in [6.07, 6.45) is 1.71. The molecule has 0 unspecified atom stereocenters. The lowest BCUT2D eigenvalue weighted by molar-refractivity contribution is -0.384. The average molecular weight is 350 g/mol. The molecule has 2 heterocycles. The van der Waals surface area contributed by atoms with Gasteiger partial charge in [0.15, 0.2) is 0 Å². The van der Waals surface area contributed by atoms with E-state index in [0.29, 0.717) is 30.5 Å². The van der Waals surface area contributed by atoms with Crippen LogP contribution in [0, 0.1) is 10.1 Å². The van der Waals surface area contributed by atoms with E-state index in [0.717, 1.165) is 11.3 Å². The van der Waals surface area contributed by atoms with Crippen molar-refractivity contribution in [3.8, 4) is 11.4 Å². The lowest BCUT2D eigenvalue weighted by Gasteiger charge is -2.10. The Hall–Kier alpha value is -3.55. The average Bonchev–Trinajstić information content (AvgIpc) is 2.67. The molecule has 1 aromatic carbocycles. The normalized spacial score (nSPS) is 10.3. The van der Waals surface area contributed by atoms with E-state index in [1.807, 2.05) is 31.2 Å². The van der Waals surface area contributed by atoms with Gasteiger partial charge in [0.1, 0.15) is 5.82 Å². The summed E-state index contributed by atoms with van der Waals surface area (Å²) >= 11 is 0. The first-order valence-corrected chi connectivity index (χ1v) is 8.17. The minimum atomic E-state index is -0.406. The van der Waals surface area contributed by atoms with Crippen molar-refractivity contribution in [1.29, 1.82) is 0 Å². The van der Waals surface area contributed by atoms with Crippen LogP contribution in [-0.4, -0.2) is 26.4 Å². The van der Waals surface area contributed by atoms with Crippen molar-refractivity contribution >= 4 is 17.5 Å². The van der Waals surface area contributed by atoms with E-state index in [9.17, 15) is 10.1 Å². The van der Waals surface area contributed by atoms with Crippen LogP contribution in [-0.2, 0) is 6.54 Å². The van der Waals surface area contributed by atoms with Crippen LogP contribution >= 0.6 is 0 Å². The van der Waals surface area contributed by atoms with Gasteiger partial charge in [-0.2, -0.15) is 4.98 Å². The van der Waals surface area contributed by atoms with Crippen LogP contribution in [0.3, 0.4) is 0 Å². The van der Waals surface area contributed by atoms with Crippen molar-refractivity contribution in [2.45, 2.75) is 13.5 Å². The molecular weight excluding hydrogens is 332 g/mol. The van der Waals surface area contributed by atoms with Crippen LogP contribution in [0.5, 0.6) is 0 Å². The zero-order valence-corrected chi connectivity index (χ0v) is 14.2. The van der Waals surface area contributed by atoms with Gasteiger partial charge in [0.25, 0.3) is 5.69 Å². The fourth-order valence-electron chi connectivity index (χ4n) is 2.39. The molecule has 8 heteroatoms. The van der Waals surface area contributed by atoms with E-state index in [-0.39, 0.29) is 5.69 Å². The summed E-state index contributed by atoms with van der Waals surface area (Å²) < 4.78 is 0. The first kappa shape index (κ1) is 17.3. The second kappa shape index (κ2) is 8.02. The minimum absolute atomic E-state index is 0.0644. The molecule has 2 N–H and O–H groups in total. The van der Waals surface area contributed by atoms with Gasteiger partial charge in [-0.25, -0.2) is 4.98 Å². The maximum Gasteiger partial charge on any atom is 0.269 e. The molecule has 0 aliphatic carbocycles. The van der Waals surface area contributed by atoms with E-state index < -0.39 is 4.92 Å². The summed E-state index contributed by atoms with van der Waals surface area (Å²) in [5, 5.41) is 17.2. The van der Waals surface area contributed by atoms with Gasteiger partial charge in [-0.05, 0) is 24.6 Å². The first-order valence-electron chi connectivity index (χ1n) is 8.17. The Balaban J connectivity index is 1.84. The van der Waals surface area contributed by atoms with Gasteiger partial charge in [-0.1, -0.05) is 18.2 Å². The van der Waals surface area contributed by atoms with Crippen LogP contribution in [0.25, 0.3) is 11.4 Å². The molecular formula is C18H18N6O2. The zero-order chi connectivity index (χ0) is 18.4. The van der Waals surface area contributed by atoms with Gasteiger partial charge in [0.2, 0.25) is 5.95 Å². The molecule has 2 aromatic heterocycles. The monoisotopic (exact) mass is 350 g/mol. The fourth-order valence-corrected chi connectivity index (χ4v) is 2.39. The highest BCUT2D eigenvalue weighted by Crippen LogP contribution is 2.20. The van der Waals surface area contributed by atoms with E-state index in [1.54, 1.807) is 24.4 Å². The molecule has 8 nitrogen and oxygen atoms in total. The number of anilines is 2. The standard InChI is InChI=1S/C18H18N6O2/c1-2-19-18-22-16(15-8-3-4-9-20-15)11-17(23-18)21-12-13-6-5-7-14(10-13)24(25)26/h3-11H,2,12H2,1H3,(H2,19,21,22,23). The van der Waals surface area contributed by atoms with E-state index in [2.05, 4.69) is 25.6 Å². The number of hydrogen-bond donors (Lipinski definition) is 2. The number of nitrogens with one attached hydrogen (secondary N) is 2. The van der Waals surface area contributed by atoms with Crippen LogP contribution in [0.2, 0.25) is 0 Å². The Morgan fingerprint density at radius 3 is 2.65 bits per heavy atom. The molecule has 0 saturated carbocycles. The summed E-state index contributed by atoms with van der Waals surface area (Å²) in [7, 11) is 0. The number of nitrogens with zero attached hydrogens (tertiary/aromatic N) is 4. The zero-order valence-electron chi connectivity index (χ0n) is 14.2. The molecule has 0 aliphatic heterocycles. The van der Waals surface area contributed by atoms with E-state index >= 15 is 0 Å². The van der Waals surface area contributed by atoms with Crippen LogP contribution in [0.1, 0.15) is 12.5 Å². The van der Waals surface area contributed by atoms with E-state index in [4.69, 9.17) is 0 Å². The van der Waals surface area contributed by atoms with Crippen LogP contribution in [0.4, 0.5) is 17.5 Å². The summed E-state index contributed by atoms with van der Waals surface area (Å²) in [5.74, 6) is 1.11. The van der Waals surface area contributed by atoms with Crippen molar-refractivity contribution < 1.29 is 4.92 Å². The Morgan fingerprint density at radius 1 is 1.04 bits per heavy atom. The number of rotatable bonds is 7. The SMILES string of the molecule is CCNc1nc(NCc2cccc([N+](=O)[O-])c2)cc(-c2ccccn2)n1. The molecule has 0 spiro atoms. The third-order valence-corrected chi connectivity index (χ3v) is 3.58. The van der Waals surface area contributed by atoms with Gasteiger partial charge >= 0.3 is 0 Å². The summed E-state index contributed by atoms with van der Waals surface area (Å²) in [6.45, 7) is 3.06. The van der Waals surface area contributed by atoms with Gasteiger partial charge in [0, 0.05) is 37.5 Å². The lowest BCUT2D eigenvalue weighted by Crippen LogP contribution is -2.08. The third kappa shape index (κ3) is 4.29. The minimum Gasteiger partial charge on any atom is -0.366 e.